The maximum atomic E-state index is 5.76. The van der Waals surface area contributed by atoms with Crippen LogP contribution in [0, 0.1) is 6.92 Å². The van der Waals surface area contributed by atoms with Gasteiger partial charge in [0.2, 0.25) is 5.96 Å². The highest BCUT2D eigenvalue weighted by molar-refractivity contribution is 5.83. The number of guanidine groups is 1. The van der Waals surface area contributed by atoms with Gasteiger partial charge in [-0.2, -0.15) is 5.17 Å². The molecule has 0 radical (unpaired) electrons. The average Bonchev–Trinajstić information content (AvgIpc) is 2.74. The van der Waals surface area contributed by atoms with Crippen LogP contribution >= 0.6 is 0 Å². The van der Waals surface area contributed by atoms with E-state index in [1.54, 1.807) is 6.20 Å². The number of hydrogen-bond donors (Lipinski definition) is 2. The number of hydrogen-bond acceptors (Lipinski definition) is 6. The van der Waals surface area contributed by atoms with E-state index < -0.39 is 0 Å². The number of aromatic nitrogens is 3. The van der Waals surface area contributed by atoms with Crippen molar-refractivity contribution in [3.05, 3.63) is 65.4 Å². The van der Waals surface area contributed by atoms with Gasteiger partial charge in [-0.15, -0.1) is 5.10 Å². The maximum absolute atomic E-state index is 5.76. The van der Waals surface area contributed by atoms with Gasteiger partial charge in [-0.3, -0.25) is 9.82 Å². The number of aryl methyl sites for hydroxylation is 1. The minimum absolute atomic E-state index is 0.0808. The summed E-state index contributed by atoms with van der Waals surface area (Å²) in [5.74, 6) is 0.488. The zero-order valence-corrected chi connectivity index (χ0v) is 17.5. The van der Waals surface area contributed by atoms with Crippen molar-refractivity contribution in [1.82, 2.24) is 20.1 Å². The molecule has 0 bridgehead atoms. The number of hydrazone groups is 1. The third kappa shape index (κ3) is 5.30. The SMILES string of the molecule is CCCON(N=C(N)N)C(C)c1nc(/C=C/c2ccccn2)nc2ccc(C)cc12. The van der Waals surface area contributed by atoms with Crippen molar-refractivity contribution in [2.75, 3.05) is 6.61 Å². The Balaban J connectivity index is 2.07. The fourth-order valence-electron chi connectivity index (χ4n) is 2.94. The largest absolute Gasteiger partial charge is 0.369 e. The molecule has 2 heterocycles. The van der Waals surface area contributed by atoms with E-state index >= 15 is 0 Å². The average molecular weight is 406 g/mol. The smallest absolute Gasteiger partial charge is 0.211 e. The Bertz CT molecular complexity index is 1050. The minimum atomic E-state index is -0.340. The predicted molar refractivity (Wildman–Crippen MR) is 120 cm³/mol. The van der Waals surface area contributed by atoms with Gasteiger partial charge in [0.15, 0.2) is 5.82 Å². The Morgan fingerprint density at radius 2 is 2.03 bits per heavy atom. The van der Waals surface area contributed by atoms with Gasteiger partial charge in [-0.25, -0.2) is 9.97 Å². The summed E-state index contributed by atoms with van der Waals surface area (Å²) in [6.45, 7) is 6.47. The van der Waals surface area contributed by atoms with Gasteiger partial charge >= 0.3 is 0 Å². The molecule has 156 valence electrons. The van der Waals surface area contributed by atoms with E-state index in [-0.39, 0.29) is 12.0 Å². The molecule has 0 saturated heterocycles. The molecular formula is C22H27N7O. The predicted octanol–water partition coefficient (Wildman–Crippen LogP) is 3.40. The van der Waals surface area contributed by atoms with Crippen LogP contribution in [0.2, 0.25) is 0 Å². The third-order valence-corrected chi connectivity index (χ3v) is 4.36. The summed E-state index contributed by atoms with van der Waals surface area (Å²) in [6.07, 6.45) is 6.29. The molecule has 30 heavy (non-hydrogen) atoms. The Labute approximate surface area is 176 Å². The monoisotopic (exact) mass is 405 g/mol. The summed E-state index contributed by atoms with van der Waals surface area (Å²) < 4.78 is 0. The molecule has 0 aliphatic rings. The Kier molecular flexibility index (Phi) is 6.92. The molecule has 1 atom stereocenters. The lowest BCUT2D eigenvalue weighted by atomic mass is 10.1. The van der Waals surface area contributed by atoms with Gasteiger partial charge in [0.25, 0.3) is 0 Å². The van der Waals surface area contributed by atoms with Gasteiger partial charge in [-0.05, 0) is 56.7 Å². The number of pyridine rings is 1. The van der Waals surface area contributed by atoms with Crippen LogP contribution in [0.5, 0.6) is 0 Å². The highest BCUT2D eigenvalue weighted by atomic mass is 16.7. The number of fused-ring (bicyclic) bond motifs is 1. The van der Waals surface area contributed by atoms with E-state index in [0.717, 1.165) is 34.3 Å². The van der Waals surface area contributed by atoms with E-state index in [1.807, 2.05) is 63.3 Å². The van der Waals surface area contributed by atoms with E-state index in [9.17, 15) is 0 Å². The lowest BCUT2D eigenvalue weighted by molar-refractivity contribution is -0.185. The summed E-state index contributed by atoms with van der Waals surface area (Å²) >= 11 is 0. The lowest BCUT2D eigenvalue weighted by Gasteiger charge is -2.25. The first-order valence-electron chi connectivity index (χ1n) is 9.87. The fraction of sp³-hybridized carbons (Fsp3) is 0.273. The molecule has 8 nitrogen and oxygen atoms in total. The van der Waals surface area contributed by atoms with Crippen LogP contribution in [0.15, 0.2) is 47.7 Å². The topological polar surface area (TPSA) is 116 Å². The van der Waals surface area contributed by atoms with E-state index in [4.69, 9.17) is 21.3 Å². The van der Waals surface area contributed by atoms with Gasteiger partial charge in [-0.1, -0.05) is 24.6 Å². The van der Waals surface area contributed by atoms with Crippen LogP contribution in [0.25, 0.3) is 23.1 Å². The molecule has 3 rings (SSSR count). The van der Waals surface area contributed by atoms with Crippen LogP contribution in [-0.4, -0.2) is 32.7 Å². The van der Waals surface area contributed by atoms with Crippen molar-refractivity contribution in [3.63, 3.8) is 0 Å². The summed E-state index contributed by atoms with van der Waals surface area (Å²) in [6, 6.07) is 11.5. The molecule has 0 fully saturated rings. The van der Waals surface area contributed by atoms with Gasteiger partial charge in [0.1, 0.15) is 6.04 Å². The first-order chi connectivity index (χ1) is 14.5. The summed E-state index contributed by atoms with van der Waals surface area (Å²) in [4.78, 5) is 19.5. The second-order valence-electron chi connectivity index (χ2n) is 6.91. The minimum Gasteiger partial charge on any atom is -0.369 e. The Morgan fingerprint density at radius 1 is 1.20 bits per heavy atom. The van der Waals surface area contributed by atoms with Crippen LogP contribution in [0.4, 0.5) is 0 Å². The number of nitrogens with zero attached hydrogens (tertiary/aromatic N) is 5. The molecule has 2 aromatic heterocycles. The van der Waals surface area contributed by atoms with Crippen molar-refractivity contribution < 1.29 is 4.84 Å². The second kappa shape index (κ2) is 9.80. The summed E-state index contributed by atoms with van der Waals surface area (Å²) in [5, 5.41) is 6.47. The van der Waals surface area contributed by atoms with Crippen molar-refractivity contribution in [3.8, 4) is 0 Å². The van der Waals surface area contributed by atoms with E-state index in [1.165, 1.54) is 5.17 Å². The fourth-order valence-corrected chi connectivity index (χ4v) is 2.94. The number of nitrogens with two attached hydrogens (primary N) is 2. The quantitative estimate of drug-likeness (QED) is 0.335. The molecule has 0 amide bonds. The van der Waals surface area contributed by atoms with Gasteiger partial charge in [0, 0.05) is 11.6 Å². The van der Waals surface area contributed by atoms with Crippen molar-refractivity contribution in [2.24, 2.45) is 16.6 Å². The first kappa shape index (κ1) is 21.2. The normalized spacial score (nSPS) is 12.2. The van der Waals surface area contributed by atoms with Crippen LogP contribution in [0.1, 0.15) is 49.1 Å². The van der Waals surface area contributed by atoms with Crippen molar-refractivity contribution in [2.45, 2.75) is 33.2 Å². The van der Waals surface area contributed by atoms with Crippen LogP contribution in [-0.2, 0) is 4.84 Å². The third-order valence-electron chi connectivity index (χ3n) is 4.36. The molecule has 0 aliphatic carbocycles. The molecule has 0 saturated carbocycles. The summed E-state index contributed by atoms with van der Waals surface area (Å²) in [7, 11) is 0. The zero-order chi connectivity index (χ0) is 21.5. The van der Waals surface area contributed by atoms with Crippen LogP contribution < -0.4 is 11.5 Å². The van der Waals surface area contributed by atoms with Crippen molar-refractivity contribution >= 4 is 29.0 Å². The molecule has 3 aromatic rings. The van der Waals surface area contributed by atoms with Gasteiger partial charge < -0.3 is 11.5 Å². The number of rotatable bonds is 8. The zero-order valence-electron chi connectivity index (χ0n) is 17.5. The van der Waals surface area contributed by atoms with Gasteiger partial charge in [0.05, 0.1) is 23.5 Å². The molecule has 8 heteroatoms. The molecule has 1 unspecified atom stereocenters. The number of hydroxylamine groups is 1. The Hall–Kier alpha value is -3.52. The maximum Gasteiger partial charge on any atom is 0.211 e. The second-order valence-corrected chi connectivity index (χ2v) is 6.91. The highest BCUT2D eigenvalue weighted by Crippen LogP contribution is 2.28. The molecule has 4 N–H and O–H groups in total. The lowest BCUT2D eigenvalue weighted by Crippen LogP contribution is -2.31. The molecule has 0 aliphatic heterocycles. The van der Waals surface area contributed by atoms with Crippen LogP contribution in [0.3, 0.4) is 0 Å². The Morgan fingerprint density at radius 3 is 2.73 bits per heavy atom. The molecule has 0 spiro atoms. The number of benzene rings is 1. The molecule has 1 aromatic carbocycles. The van der Waals surface area contributed by atoms with E-state index in [0.29, 0.717) is 12.4 Å². The standard InChI is InChI=1S/C22H27N7O/c1-4-13-30-29(28-22(23)24)16(3)21-18-14-15(2)8-10-19(18)26-20(27-21)11-9-17-7-5-6-12-25-17/h5-12,14,16H,4,13H2,1-3H3,(H4,23,24,28)/b11-9+. The molecular weight excluding hydrogens is 378 g/mol. The first-order valence-corrected chi connectivity index (χ1v) is 9.87. The highest BCUT2D eigenvalue weighted by Gasteiger charge is 2.21. The van der Waals surface area contributed by atoms with Crippen molar-refractivity contribution in [1.29, 1.82) is 0 Å². The van der Waals surface area contributed by atoms with E-state index in [2.05, 4.69) is 21.1 Å². The summed E-state index contributed by atoms with van der Waals surface area (Å²) in [5.41, 5.74) is 14.8.